The highest BCUT2D eigenvalue weighted by atomic mass is 15.3. The predicted octanol–water partition coefficient (Wildman–Crippen LogP) is 2.17. The summed E-state index contributed by atoms with van der Waals surface area (Å²) in [6.45, 7) is 13.2. The van der Waals surface area contributed by atoms with Crippen molar-refractivity contribution in [3.8, 4) is 0 Å². The van der Waals surface area contributed by atoms with Crippen molar-refractivity contribution in [3.63, 3.8) is 0 Å². The molecule has 108 valence electrons. The number of rotatable bonds is 9. The Labute approximate surface area is 114 Å². The Morgan fingerprint density at radius 1 is 0.889 bits per heavy atom. The summed E-state index contributed by atoms with van der Waals surface area (Å²) >= 11 is 0. The van der Waals surface area contributed by atoms with E-state index in [1.807, 2.05) is 0 Å². The van der Waals surface area contributed by atoms with Crippen molar-refractivity contribution < 1.29 is 0 Å². The van der Waals surface area contributed by atoms with Gasteiger partial charge in [0.25, 0.3) is 0 Å². The lowest BCUT2D eigenvalue weighted by atomic mass is 10.0. The summed E-state index contributed by atoms with van der Waals surface area (Å²) in [7, 11) is 0. The Hall–Kier alpha value is -0.120. The van der Waals surface area contributed by atoms with E-state index in [0.717, 1.165) is 12.5 Å². The van der Waals surface area contributed by atoms with Crippen LogP contribution in [0.25, 0.3) is 0 Å². The van der Waals surface area contributed by atoms with Crippen LogP contribution in [0.3, 0.4) is 0 Å². The molecule has 0 amide bonds. The molecule has 1 rings (SSSR count). The minimum absolute atomic E-state index is 0.850. The van der Waals surface area contributed by atoms with Crippen molar-refractivity contribution in [3.05, 3.63) is 0 Å². The zero-order valence-corrected chi connectivity index (χ0v) is 12.5. The lowest BCUT2D eigenvalue weighted by Gasteiger charge is -2.36. The van der Waals surface area contributed by atoms with Gasteiger partial charge in [-0.2, -0.15) is 0 Å². The molecule has 1 aliphatic heterocycles. The maximum atomic E-state index is 5.52. The molecule has 1 fully saturated rings. The average Bonchev–Trinajstić information content (AvgIpc) is 2.42. The lowest BCUT2D eigenvalue weighted by Crippen LogP contribution is -2.47. The van der Waals surface area contributed by atoms with Gasteiger partial charge in [-0.3, -0.25) is 0 Å². The molecule has 0 saturated carbocycles. The van der Waals surface area contributed by atoms with Gasteiger partial charge in [-0.15, -0.1) is 0 Å². The molecule has 0 bridgehead atoms. The molecular weight excluding hydrogens is 222 g/mol. The summed E-state index contributed by atoms with van der Waals surface area (Å²) in [5.41, 5.74) is 5.52. The van der Waals surface area contributed by atoms with Gasteiger partial charge < -0.3 is 15.5 Å². The third-order valence-corrected chi connectivity index (χ3v) is 4.31. The third-order valence-electron chi connectivity index (χ3n) is 4.31. The van der Waals surface area contributed by atoms with Crippen molar-refractivity contribution in [2.75, 3.05) is 45.8 Å². The number of hydrogen-bond donors (Lipinski definition) is 1. The van der Waals surface area contributed by atoms with E-state index < -0.39 is 0 Å². The van der Waals surface area contributed by atoms with E-state index in [9.17, 15) is 0 Å². The zero-order chi connectivity index (χ0) is 13.2. The van der Waals surface area contributed by atoms with Gasteiger partial charge in [-0.05, 0) is 31.8 Å². The van der Waals surface area contributed by atoms with Crippen LogP contribution in [-0.2, 0) is 0 Å². The molecule has 0 aromatic rings. The molecule has 0 aromatic heterocycles. The van der Waals surface area contributed by atoms with Crippen molar-refractivity contribution in [1.29, 1.82) is 0 Å². The fraction of sp³-hybridized carbons (Fsp3) is 1.00. The maximum absolute atomic E-state index is 5.52. The monoisotopic (exact) mass is 255 g/mol. The first-order valence-electron chi connectivity index (χ1n) is 7.94. The van der Waals surface area contributed by atoms with Gasteiger partial charge in [0, 0.05) is 32.7 Å². The zero-order valence-electron chi connectivity index (χ0n) is 12.5. The van der Waals surface area contributed by atoms with Crippen molar-refractivity contribution in [2.45, 2.75) is 46.0 Å². The van der Waals surface area contributed by atoms with Crippen LogP contribution in [0, 0.1) is 5.92 Å². The van der Waals surface area contributed by atoms with Gasteiger partial charge in [0.2, 0.25) is 0 Å². The highest BCUT2D eigenvalue weighted by Gasteiger charge is 2.18. The lowest BCUT2D eigenvalue weighted by molar-refractivity contribution is 0.114. The van der Waals surface area contributed by atoms with Gasteiger partial charge in [-0.1, -0.05) is 33.1 Å². The van der Waals surface area contributed by atoms with Gasteiger partial charge in [-0.25, -0.2) is 0 Å². The number of hydrogen-bond acceptors (Lipinski definition) is 3. The molecule has 1 aliphatic rings. The second-order valence-electron chi connectivity index (χ2n) is 5.67. The molecule has 1 saturated heterocycles. The Bertz CT molecular complexity index is 184. The van der Waals surface area contributed by atoms with E-state index in [2.05, 4.69) is 23.6 Å². The summed E-state index contributed by atoms with van der Waals surface area (Å²) in [6.07, 6.45) is 6.47. The van der Waals surface area contributed by atoms with Gasteiger partial charge in [0.05, 0.1) is 0 Å². The maximum Gasteiger partial charge on any atom is 0.0110 e. The quantitative estimate of drug-likeness (QED) is 0.641. The molecule has 3 heteroatoms. The van der Waals surface area contributed by atoms with Crippen LogP contribution in [0.4, 0.5) is 0 Å². The number of piperazine rings is 1. The number of nitrogens with zero attached hydrogens (tertiary/aromatic N) is 2. The standard InChI is InChI=1S/C15H33N3/c1-3-15(4-2)14-18-12-10-17(11-13-18)9-7-5-6-8-16/h15H,3-14,16H2,1-2H3. The van der Waals surface area contributed by atoms with Crippen molar-refractivity contribution in [2.24, 2.45) is 11.7 Å². The average molecular weight is 255 g/mol. The molecule has 0 aromatic carbocycles. The smallest absolute Gasteiger partial charge is 0.0110 e. The molecule has 0 radical (unpaired) electrons. The summed E-state index contributed by atoms with van der Waals surface area (Å²) in [6, 6.07) is 0. The Kier molecular flexibility index (Phi) is 8.64. The first-order chi connectivity index (χ1) is 8.80. The Morgan fingerprint density at radius 3 is 2.06 bits per heavy atom. The fourth-order valence-electron chi connectivity index (χ4n) is 2.76. The molecule has 2 N–H and O–H groups in total. The molecule has 1 heterocycles. The van der Waals surface area contributed by atoms with Crippen LogP contribution in [0.5, 0.6) is 0 Å². The third kappa shape index (κ3) is 6.17. The Morgan fingerprint density at radius 2 is 1.50 bits per heavy atom. The molecule has 3 nitrogen and oxygen atoms in total. The predicted molar refractivity (Wildman–Crippen MR) is 79.9 cm³/mol. The second kappa shape index (κ2) is 9.76. The highest BCUT2D eigenvalue weighted by molar-refractivity contribution is 4.73. The van der Waals surface area contributed by atoms with E-state index >= 15 is 0 Å². The Balaban J connectivity index is 2.08. The topological polar surface area (TPSA) is 32.5 Å². The van der Waals surface area contributed by atoms with Crippen LogP contribution in [0.15, 0.2) is 0 Å². The molecule has 0 atom stereocenters. The minimum atomic E-state index is 0.850. The summed E-state index contributed by atoms with van der Waals surface area (Å²) < 4.78 is 0. The van der Waals surface area contributed by atoms with E-state index in [-0.39, 0.29) is 0 Å². The van der Waals surface area contributed by atoms with Crippen LogP contribution < -0.4 is 5.73 Å². The molecule has 18 heavy (non-hydrogen) atoms. The first kappa shape index (κ1) is 15.9. The normalized spacial score (nSPS) is 18.7. The molecule has 0 aliphatic carbocycles. The second-order valence-corrected chi connectivity index (χ2v) is 5.67. The van der Waals surface area contributed by atoms with E-state index in [1.54, 1.807) is 0 Å². The van der Waals surface area contributed by atoms with E-state index in [1.165, 1.54) is 71.4 Å². The number of nitrogens with two attached hydrogens (primary N) is 1. The highest BCUT2D eigenvalue weighted by Crippen LogP contribution is 2.12. The first-order valence-corrected chi connectivity index (χ1v) is 7.94. The minimum Gasteiger partial charge on any atom is -0.330 e. The van der Waals surface area contributed by atoms with Gasteiger partial charge >= 0.3 is 0 Å². The van der Waals surface area contributed by atoms with Crippen LogP contribution in [-0.4, -0.2) is 55.6 Å². The fourth-order valence-corrected chi connectivity index (χ4v) is 2.76. The molecule has 0 spiro atoms. The van der Waals surface area contributed by atoms with Gasteiger partial charge in [0.15, 0.2) is 0 Å². The summed E-state index contributed by atoms with van der Waals surface area (Å²) in [4.78, 5) is 5.29. The molecular formula is C15H33N3. The van der Waals surface area contributed by atoms with Gasteiger partial charge in [0.1, 0.15) is 0 Å². The van der Waals surface area contributed by atoms with Crippen molar-refractivity contribution in [1.82, 2.24) is 9.80 Å². The van der Waals surface area contributed by atoms with Crippen molar-refractivity contribution >= 4 is 0 Å². The van der Waals surface area contributed by atoms with E-state index in [4.69, 9.17) is 5.73 Å². The SMILES string of the molecule is CCC(CC)CN1CCN(CCCCCN)CC1. The van der Waals surface area contributed by atoms with Crippen LogP contribution in [0.2, 0.25) is 0 Å². The number of unbranched alkanes of at least 4 members (excludes halogenated alkanes) is 2. The summed E-state index contributed by atoms with van der Waals surface area (Å²) in [5, 5.41) is 0. The van der Waals surface area contributed by atoms with E-state index in [0.29, 0.717) is 0 Å². The summed E-state index contributed by atoms with van der Waals surface area (Å²) in [5.74, 6) is 0.904. The van der Waals surface area contributed by atoms with Crippen LogP contribution in [0.1, 0.15) is 46.0 Å². The largest absolute Gasteiger partial charge is 0.330 e. The van der Waals surface area contributed by atoms with Crippen LogP contribution >= 0.6 is 0 Å². The molecule has 0 unspecified atom stereocenters.